The molecule has 0 aliphatic heterocycles. The summed E-state index contributed by atoms with van der Waals surface area (Å²) in [6.07, 6.45) is 5.86. The first kappa shape index (κ1) is 13.9. The van der Waals surface area contributed by atoms with Gasteiger partial charge in [-0.05, 0) is 25.8 Å². The third-order valence-electron chi connectivity index (χ3n) is 2.88. The fraction of sp³-hybridized carbons (Fsp3) is 1.00. The lowest BCUT2D eigenvalue weighted by Crippen LogP contribution is -2.39. The Bertz CT molecular complexity index is 297. The van der Waals surface area contributed by atoms with E-state index < -0.39 is 15.6 Å². The minimum absolute atomic E-state index is 0.449. The Balaban J connectivity index is 2.00. The molecule has 0 heterocycles. The van der Waals surface area contributed by atoms with Crippen molar-refractivity contribution >= 4 is 10.0 Å². The Morgan fingerprint density at radius 2 is 1.88 bits per heavy atom. The fourth-order valence-electron chi connectivity index (χ4n) is 2.00. The molecule has 0 aromatic carbocycles. The SMILES string of the molecule is CS(=O)(=O)NCCCNCC1(O)CCCC1. The van der Waals surface area contributed by atoms with E-state index in [1.165, 1.54) is 0 Å². The zero-order chi connectivity index (χ0) is 12.1. The van der Waals surface area contributed by atoms with E-state index in [0.717, 1.165) is 44.9 Å². The lowest BCUT2D eigenvalue weighted by Gasteiger charge is -2.22. The van der Waals surface area contributed by atoms with Crippen LogP contribution in [-0.2, 0) is 10.0 Å². The van der Waals surface area contributed by atoms with Crippen LogP contribution in [0.1, 0.15) is 32.1 Å². The van der Waals surface area contributed by atoms with Gasteiger partial charge in [-0.15, -0.1) is 0 Å². The van der Waals surface area contributed by atoms with Crippen molar-refractivity contribution in [2.24, 2.45) is 0 Å². The standard InChI is InChI=1S/C10H22N2O3S/c1-16(14,15)12-8-4-7-11-9-10(13)5-2-3-6-10/h11-13H,2-9H2,1H3. The highest BCUT2D eigenvalue weighted by Crippen LogP contribution is 2.28. The van der Waals surface area contributed by atoms with Gasteiger partial charge in [0.1, 0.15) is 0 Å². The minimum atomic E-state index is -3.07. The molecule has 0 aromatic heterocycles. The van der Waals surface area contributed by atoms with Crippen molar-refractivity contribution < 1.29 is 13.5 Å². The Morgan fingerprint density at radius 3 is 2.44 bits per heavy atom. The highest BCUT2D eigenvalue weighted by atomic mass is 32.2. The molecule has 3 N–H and O–H groups in total. The Morgan fingerprint density at radius 1 is 1.25 bits per heavy atom. The molecule has 0 spiro atoms. The minimum Gasteiger partial charge on any atom is -0.389 e. The summed E-state index contributed by atoms with van der Waals surface area (Å²) in [4.78, 5) is 0. The van der Waals surface area contributed by atoms with Gasteiger partial charge in [0, 0.05) is 13.1 Å². The van der Waals surface area contributed by atoms with E-state index in [2.05, 4.69) is 10.0 Å². The van der Waals surface area contributed by atoms with Crippen LogP contribution >= 0.6 is 0 Å². The number of sulfonamides is 1. The molecule has 6 heteroatoms. The summed E-state index contributed by atoms with van der Waals surface area (Å²) in [6.45, 7) is 1.79. The van der Waals surface area contributed by atoms with Crippen LogP contribution in [0, 0.1) is 0 Å². The molecule has 1 saturated carbocycles. The summed E-state index contributed by atoms with van der Waals surface area (Å²) in [6, 6.07) is 0. The molecule has 1 rings (SSSR count). The molecule has 1 fully saturated rings. The lowest BCUT2D eigenvalue weighted by atomic mass is 10.0. The molecule has 0 atom stereocenters. The van der Waals surface area contributed by atoms with Crippen molar-refractivity contribution in [3.05, 3.63) is 0 Å². The summed E-state index contributed by atoms with van der Waals surface area (Å²) in [5, 5.41) is 13.2. The van der Waals surface area contributed by atoms with Gasteiger partial charge in [-0.3, -0.25) is 0 Å². The van der Waals surface area contributed by atoms with E-state index in [9.17, 15) is 13.5 Å². The average molecular weight is 250 g/mol. The maximum absolute atomic E-state index is 10.8. The van der Waals surface area contributed by atoms with Gasteiger partial charge in [-0.1, -0.05) is 12.8 Å². The van der Waals surface area contributed by atoms with Crippen molar-refractivity contribution in [2.45, 2.75) is 37.7 Å². The first-order chi connectivity index (χ1) is 7.41. The van der Waals surface area contributed by atoms with Crippen molar-refractivity contribution in [1.29, 1.82) is 0 Å². The van der Waals surface area contributed by atoms with Crippen molar-refractivity contribution in [3.8, 4) is 0 Å². The number of nitrogens with one attached hydrogen (secondary N) is 2. The third kappa shape index (κ3) is 5.79. The van der Waals surface area contributed by atoms with Crippen LogP contribution in [0.5, 0.6) is 0 Å². The number of aliphatic hydroxyl groups is 1. The van der Waals surface area contributed by atoms with Gasteiger partial charge in [-0.2, -0.15) is 0 Å². The maximum atomic E-state index is 10.8. The predicted octanol–water partition coefficient (Wildman–Crippen LogP) is -0.180. The summed E-state index contributed by atoms with van der Waals surface area (Å²) < 4.78 is 23.9. The molecule has 0 saturated heterocycles. The van der Waals surface area contributed by atoms with Crippen LogP contribution in [0.3, 0.4) is 0 Å². The number of rotatable bonds is 7. The Kier molecular flexibility index (Phi) is 5.17. The molecular formula is C10H22N2O3S. The molecule has 0 amide bonds. The first-order valence-electron chi connectivity index (χ1n) is 5.79. The van der Waals surface area contributed by atoms with E-state index in [0.29, 0.717) is 13.1 Å². The van der Waals surface area contributed by atoms with Crippen molar-refractivity contribution in [1.82, 2.24) is 10.0 Å². The fourth-order valence-corrected chi connectivity index (χ4v) is 2.52. The molecular weight excluding hydrogens is 228 g/mol. The number of hydrogen-bond donors (Lipinski definition) is 3. The van der Waals surface area contributed by atoms with Gasteiger partial charge in [0.15, 0.2) is 0 Å². The first-order valence-corrected chi connectivity index (χ1v) is 7.68. The molecule has 16 heavy (non-hydrogen) atoms. The summed E-state index contributed by atoms with van der Waals surface area (Å²) >= 11 is 0. The lowest BCUT2D eigenvalue weighted by molar-refractivity contribution is 0.0479. The van der Waals surface area contributed by atoms with Crippen LogP contribution in [-0.4, -0.2) is 45.0 Å². The summed E-state index contributed by atoms with van der Waals surface area (Å²) in [7, 11) is -3.07. The van der Waals surface area contributed by atoms with Gasteiger partial charge in [-0.25, -0.2) is 13.1 Å². The van der Waals surface area contributed by atoms with Gasteiger partial charge >= 0.3 is 0 Å². The molecule has 0 unspecified atom stereocenters. The molecule has 0 bridgehead atoms. The van der Waals surface area contributed by atoms with Gasteiger partial charge in [0.2, 0.25) is 10.0 Å². The van der Waals surface area contributed by atoms with Gasteiger partial charge in [0.05, 0.1) is 11.9 Å². The number of hydrogen-bond acceptors (Lipinski definition) is 4. The largest absolute Gasteiger partial charge is 0.389 e. The molecule has 0 aromatic rings. The second-order valence-corrected chi connectivity index (χ2v) is 6.46. The van der Waals surface area contributed by atoms with E-state index in [1.54, 1.807) is 0 Å². The van der Waals surface area contributed by atoms with Crippen LogP contribution in [0.2, 0.25) is 0 Å². The van der Waals surface area contributed by atoms with E-state index in [-0.39, 0.29) is 0 Å². The van der Waals surface area contributed by atoms with Crippen molar-refractivity contribution in [2.75, 3.05) is 25.9 Å². The van der Waals surface area contributed by atoms with Crippen LogP contribution in [0.25, 0.3) is 0 Å². The topological polar surface area (TPSA) is 78.4 Å². The molecule has 0 radical (unpaired) electrons. The quantitative estimate of drug-likeness (QED) is 0.548. The molecule has 1 aliphatic rings. The van der Waals surface area contributed by atoms with Gasteiger partial charge in [0.25, 0.3) is 0 Å². The van der Waals surface area contributed by atoms with E-state index in [1.807, 2.05) is 0 Å². The van der Waals surface area contributed by atoms with Crippen LogP contribution in [0.4, 0.5) is 0 Å². The highest BCUT2D eigenvalue weighted by molar-refractivity contribution is 7.88. The van der Waals surface area contributed by atoms with Crippen LogP contribution < -0.4 is 10.0 Å². The predicted molar refractivity (Wildman–Crippen MR) is 63.8 cm³/mol. The van der Waals surface area contributed by atoms with Crippen LogP contribution in [0.15, 0.2) is 0 Å². The van der Waals surface area contributed by atoms with Crippen molar-refractivity contribution in [3.63, 3.8) is 0 Å². The smallest absolute Gasteiger partial charge is 0.208 e. The zero-order valence-electron chi connectivity index (χ0n) is 9.83. The Hall–Kier alpha value is -0.170. The van der Waals surface area contributed by atoms with Gasteiger partial charge < -0.3 is 10.4 Å². The highest BCUT2D eigenvalue weighted by Gasteiger charge is 2.30. The van der Waals surface area contributed by atoms with E-state index in [4.69, 9.17) is 0 Å². The Labute approximate surface area is 97.7 Å². The average Bonchev–Trinajstić information content (AvgIpc) is 2.57. The monoisotopic (exact) mass is 250 g/mol. The molecule has 1 aliphatic carbocycles. The van der Waals surface area contributed by atoms with E-state index >= 15 is 0 Å². The normalized spacial score (nSPS) is 20.1. The molecule has 96 valence electrons. The zero-order valence-corrected chi connectivity index (χ0v) is 10.6. The summed E-state index contributed by atoms with van der Waals surface area (Å²) in [5.41, 5.74) is -0.524. The third-order valence-corrected chi connectivity index (χ3v) is 3.61. The molecule has 5 nitrogen and oxygen atoms in total. The second-order valence-electron chi connectivity index (χ2n) is 4.63. The maximum Gasteiger partial charge on any atom is 0.208 e. The summed E-state index contributed by atoms with van der Waals surface area (Å²) in [5.74, 6) is 0. The second kappa shape index (κ2) is 5.95.